The minimum absolute atomic E-state index is 0.413. The fourth-order valence-corrected chi connectivity index (χ4v) is 1.80. The van der Waals surface area contributed by atoms with Crippen LogP contribution in [0.15, 0.2) is 48.7 Å². The topological polar surface area (TPSA) is 50.2 Å². The molecule has 0 amide bonds. The van der Waals surface area contributed by atoms with Crippen LogP contribution in [0.25, 0.3) is 11.1 Å². The quantitative estimate of drug-likeness (QED) is 0.895. The highest BCUT2D eigenvalue weighted by atomic mass is 16.4. The summed E-state index contributed by atoms with van der Waals surface area (Å²) in [5.74, 6) is -1.20. The van der Waals surface area contributed by atoms with E-state index in [9.17, 15) is 4.79 Å². The van der Waals surface area contributed by atoms with Crippen LogP contribution in [0, 0.1) is 5.92 Å². The maximum atomic E-state index is 10.8. The Labute approximate surface area is 106 Å². The van der Waals surface area contributed by atoms with E-state index >= 15 is 0 Å². The van der Waals surface area contributed by atoms with Crippen LogP contribution in [0.3, 0.4) is 0 Å². The molecular weight excluding hydrogens is 226 g/mol. The van der Waals surface area contributed by atoms with Crippen molar-refractivity contribution in [2.75, 3.05) is 0 Å². The number of hydrogen-bond donors (Lipinski definition) is 1. The Hall–Kier alpha value is -2.16. The molecule has 2 aromatic rings. The van der Waals surface area contributed by atoms with Crippen LogP contribution in [-0.4, -0.2) is 16.1 Å². The van der Waals surface area contributed by atoms with Crippen molar-refractivity contribution in [3.8, 4) is 11.1 Å². The van der Waals surface area contributed by atoms with E-state index in [1.165, 1.54) is 0 Å². The number of pyridine rings is 1. The number of benzene rings is 1. The summed E-state index contributed by atoms with van der Waals surface area (Å²) in [6, 6.07) is 13.9. The number of nitrogens with zero attached hydrogens (tertiary/aromatic N) is 1. The minimum atomic E-state index is -0.790. The molecule has 1 N–H and O–H groups in total. The van der Waals surface area contributed by atoms with Crippen molar-refractivity contribution in [1.82, 2.24) is 4.98 Å². The zero-order chi connectivity index (χ0) is 13.0. The van der Waals surface area contributed by atoms with Gasteiger partial charge in [0.15, 0.2) is 0 Å². The number of carbonyl (C=O) groups is 1. The van der Waals surface area contributed by atoms with Gasteiger partial charge in [0.2, 0.25) is 0 Å². The third-order valence-electron chi connectivity index (χ3n) is 2.86. The van der Waals surface area contributed by atoms with Gasteiger partial charge in [-0.2, -0.15) is 0 Å². The van der Waals surface area contributed by atoms with E-state index in [4.69, 9.17) is 5.11 Å². The van der Waals surface area contributed by atoms with Gasteiger partial charge in [0.1, 0.15) is 0 Å². The Morgan fingerprint density at radius 3 is 2.61 bits per heavy atom. The number of aliphatic carboxylic acids is 1. The second-order valence-corrected chi connectivity index (χ2v) is 4.35. The molecule has 0 radical (unpaired) electrons. The van der Waals surface area contributed by atoms with Crippen LogP contribution >= 0.6 is 0 Å². The van der Waals surface area contributed by atoms with Gasteiger partial charge < -0.3 is 5.11 Å². The lowest BCUT2D eigenvalue weighted by Crippen LogP contribution is -2.13. The summed E-state index contributed by atoms with van der Waals surface area (Å²) in [4.78, 5) is 15.1. The molecule has 1 unspecified atom stereocenters. The molecule has 1 aromatic carbocycles. The molecule has 1 atom stereocenters. The molecule has 0 spiro atoms. The van der Waals surface area contributed by atoms with Crippen LogP contribution in [-0.2, 0) is 11.2 Å². The van der Waals surface area contributed by atoms with Gasteiger partial charge in [0.05, 0.1) is 5.92 Å². The van der Waals surface area contributed by atoms with Crippen molar-refractivity contribution in [3.63, 3.8) is 0 Å². The fourth-order valence-electron chi connectivity index (χ4n) is 1.80. The van der Waals surface area contributed by atoms with Gasteiger partial charge in [-0.25, -0.2) is 0 Å². The zero-order valence-electron chi connectivity index (χ0n) is 10.2. The number of carboxylic acids is 1. The molecule has 0 aliphatic rings. The molecular formula is C15H15NO2. The predicted octanol–water partition coefficient (Wildman–Crippen LogP) is 3.01. The molecule has 0 aliphatic heterocycles. The average Bonchev–Trinajstić information content (AvgIpc) is 2.40. The summed E-state index contributed by atoms with van der Waals surface area (Å²) in [5.41, 5.74) is 2.99. The van der Waals surface area contributed by atoms with Gasteiger partial charge in [0.25, 0.3) is 0 Å². The standard InChI is InChI=1S/C15H15NO2/c1-11(15(17)18)9-14-10-13(7-8-16-14)12-5-3-2-4-6-12/h2-8,10-11H,9H2,1H3,(H,17,18). The molecule has 2 rings (SSSR count). The maximum absolute atomic E-state index is 10.8. The molecule has 3 nitrogen and oxygen atoms in total. The lowest BCUT2D eigenvalue weighted by molar-refractivity contribution is -0.141. The van der Waals surface area contributed by atoms with Crippen LogP contribution in [0.2, 0.25) is 0 Å². The van der Waals surface area contributed by atoms with Crippen LogP contribution in [0.1, 0.15) is 12.6 Å². The highest BCUT2D eigenvalue weighted by Gasteiger charge is 2.12. The Balaban J connectivity index is 2.23. The maximum Gasteiger partial charge on any atom is 0.306 e. The van der Waals surface area contributed by atoms with Gasteiger partial charge in [-0.15, -0.1) is 0 Å². The Bertz CT molecular complexity index is 537. The van der Waals surface area contributed by atoms with Crippen molar-refractivity contribution >= 4 is 5.97 Å². The highest BCUT2D eigenvalue weighted by Crippen LogP contribution is 2.19. The molecule has 18 heavy (non-hydrogen) atoms. The SMILES string of the molecule is CC(Cc1cc(-c2ccccc2)ccn1)C(=O)O. The van der Waals surface area contributed by atoms with Crippen molar-refractivity contribution < 1.29 is 9.90 Å². The molecule has 3 heteroatoms. The van der Waals surface area contributed by atoms with E-state index in [-0.39, 0.29) is 0 Å². The summed E-state index contributed by atoms with van der Waals surface area (Å²) < 4.78 is 0. The summed E-state index contributed by atoms with van der Waals surface area (Å²) in [6.07, 6.45) is 2.18. The zero-order valence-corrected chi connectivity index (χ0v) is 10.2. The van der Waals surface area contributed by atoms with Gasteiger partial charge in [-0.05, 0) is 23.3 Å². The first-order chi connectivity index (χ1) is 8.66. The summed E-state index contributed by atoms with van der Waals surface area (Å²) >= 11 is 0. The van der Waals surface area contributed by atoms with Crippen molar-refractivity contribution in [3.05, 3.63) is 54.4 Å². The number of aromatic nitrogens is 1. The third-order valence-corrected chi connectivity index (χ3v) is 2.86. The summed E-state index contributed by atoms with van der Waals surface area (Å²) in [6.45, 7) is 1.69. The second-order valence-electron chi connectivity index (χ2n) is 4.35. The Morgan fingerprint density at radius 1 is 1.22 bits per heavy atom. The molecule has 92 valence electrons. The van der Waals surface area contributed by atoms with Crippen molar-refractivity contribution in [2.45, 2.75) is 13.3 Å². The van der Waals surface area contributed by atoms with Gasteiger partial charge in [-0.1, -0.05) is 37.3 Å². The normalized spacial score (nSPS) is 12.1. The minimum Gasteiger partial charge on any atom is -0.481 e. The number of rotatable bonds is 4. The molecule has 0 bridgehead atoms. The first kappa shape index (κ1) is 12.3. The van der Waals surface area contributed by atoms with Crippen LogP contribution < -0.4 is 0 Å². The van der Waals surface area contributed by atoms with Crippen LogP contribution in [0.5, 0.6) is 0 Å². The van der Waals surface area contributed by atoms with E-state index < -0.39 is 11.9 Å². The third kappa shape index (κ3) is 2.94. The number of hydrogen-bond acceptors (Lipinski definition) is 2. The average molecular weight is 241 g/mol. The lowest BCUT2D eigenvalue weighted by atomic mass is 10.0. The summed E-state index contributed by atoms with van der Waals surface area (Å²) in [7, 11) is 0. The molecule has 0 saturated heterocycles. The molecule has 1 heterocycles. The first-order valence-corrected chi connectivity index (χ1v) is 5.90. The van der Waals surface area contributed by atoms with Crippen LogP contribution in [0.4, 0.5) is 0 Å². The van der Waals surface area contributed by atoms with E-state index in [0.29, 0.717) is 6.42 Å². The van der Waals surface area contributed by atoms with Gasteiger partial charge in [-0.3, -0.25) is 9.78 Å². The van der Waals surface area contributed by atoms with E-state index in [1.807, 2.05) is 42.5 Å². The van der Waals surface area contributed by atoms with E-state index in [0.717, 1.165) is 16.8 Å². The van der Waals surface area contributed by atoms with E-state index in [2.05, 4.69) is 4.98 Å². The lowest BCUT2D eigenvalue weighted by Gasteiger charge is -2.07. The Morgan fingerprint density at radius 2 is 1.94 bits per heavy atom. The van der Waals surface area contributed by atoms with Gasteiger partial charge in [0, 0.05) is 18.3 Å². The highest BCUT2D eigenvalue weighted by molar-refractivity contribution is 5.70. The van der Waals surface area contributed by atoms with Gasteiger partial charge >= 0.3 is 5.97 Å². The molecule has 0 saturated carbocycles. The van der Waals surface area contributed by atoms with Crippen molar-refractivity contribution in [1.29, 1.82) is 0 Å². The first-order valence-electron chi connectivity index (χ1n) is 5.90. The van der Waals surface area contributed by atoms with E-state index in [1.54, 1.807) is 13.1 Å². The predicted molar refractivity (Wildman–Crippen MR) is 70.2 cm³/mol. The number of carboxylic acid groups (broad SMARTS) is 1. The largest absolute Gasteiger partial charge is 0.481 e. The molecule has 0 aliphatic carbocycles. The smallest absolute Gasteiger partial charge is 0.306 e. The Kier molecular flexibility index (Phi) is 3.72. The molecule has 1 aromatic heterocycles. The monoisotopic (exact) mass is 241 g/mol. The molecule has 0 fully saturated rings. The fraction of sp³-hybridized carbons (Fsp3) is 0.200. The van der Waals surface area contributed by atoms with Crippen molar-refractivity contribution in [2.24, 2.45) is 5.92 Å². The second kappa shape index (κ2) is 5.45. The summed E-state index contributed by atoms with van der Waals surface area (Å²) in [5, 5.41) is 8.90.